The van der Waals surface area contributed by atoms with E-state index in [9.17, 15) is 9.59 Å². The van der Waals surface area contributed by atoms with Crippen LogP contribution in [0.5, 0.6) is 0 Å². The molecule has 142 valence electrons. The van der Waals surface area contributed by atoms with E-state index >= 15 is 0 Å². The van der Waals surface area contributed by atoms with Crippen LogP contribution in [0.3, 0.4) is 0 Å². The molecule has 6 nitrogen and oxygen atoms in total. The molecule has 2 aromatic rings. The Bertz CT molecular complexity index is 1020. The van der Waals surface area contributed by atoms with Crippen molar-refractivity contribution in [3.63, 3.8) is 0 Å². The van der Waals surface area contributed by atoms with Crippen molar-refractivity contribution in [2.45, 2.75) is 46.5 Å². The molecule has 0 aliphatic heterocycles. The zero-order valence-corrected chi connectivity index (χ0v) is 16.4. The van der Waals surface area contributed by atoms with Crippen molar-refractivity contribution in [2.24, 2.45) is 28.9 Å². The minimum atomic E-state index is -0.206. The van der Waals surface area contributed by atoms with Crippen LogP contribution < -0.4 is 11.0 Å². The molecule has 2 saturated carbocycles. The Morgan fingerprint density at radius 3 is 2.63 bits per heavy atom. The number of benzene rings is 1. The summed E-state index contributed by atoms with van der Waals surface area (Å²) in [7, 11) is 1.61. The Labute approximate surface area is 158 Å². The number of hydrogen-bond acceptors (Lipinski definition) is 4. The minimum Gasteiger partial charge on any atom is -0.273 e. The van der Waals surface area contributed by atoms with Gasteiger partial charge in [-0.05, 0) is 36.7 Å². The molecule has 4 rings (SSSR count). The molecule has 2 fully saturated rings. The van der Waals surface area contributed by atoms with E-state index in [1.807, 2.05) is 18.2 Å². The van der Waals surface area contributed by atoms with Gasteiger partial charge in [0.05, 0.1) is 17.5 Å². The molecule has 0 spiro atoms. The second-order valence-corrected chi connectivity index (χ2v) is 8.68. The summed E-state index contributed by atoms with van der Waals surface area (Å²) in [5.74, 6) is 0.440. The van der Waals surface area contributed by atoms with Crippen LogP contribution in [0.25, 0.3) is 10.8 Å². The Morgan fingerprint density at radius 1 is 1.30 bits per heavy atom. The number of nitrogens with zero attached hydrogens (tertiary/aromatic N) is 3. The van der Waals surface area contributed by atoms with Crippen LogP contribution in [-0.2, 0) is 18.3 Å². The quantitative estimate of drug-likeness (QED) is 0.849. The predicted octanol–water partition coefficient (Wildman–Crippen LogP) is 2.79. The summed E-state index contributed by atoms with van der Waals surface area (Å²) in [6.45, 7) is 6.90. The van der Waals surface area contributed by atoms with Crippen molar-refractivity contribution in [3.05, 3.63) is 40.3 Å². The van der Waals surface area contributed by atoms with E-state index in [0.717, 1.165) is 23.9 Å². The number of amides is 1. The summed E-state index contributed by atoms with van der Waals surface area (Å²) in [6, 6.07) is 7.26. The van der Waals surface area contributed by atoms with E-state index in [1.165, 1.54) is 11.1 Å². The Hall–Kier alpha value is -2.50. The Balaban J connectivity index is 1.56. The maximum absolute atomic E-state index is 12.5. The van der Waals surface area contributed by atoms with Crippen LogP contribution in [0.1, 0.15) is 45.7 Å². The summed E-state index contributed by atoms with van der Waals surface area (Å²) in [4.78, 5) is 24.7. The van der Waals surface area contributed by atoms with Crippen molar-refractivity contribution < 1.29 is 4.79 Å². The van der Waals surface area contributed by atoms with Crippen LogP contribution in [0, 0.1) is 16.7 Å². The topological polar surface area (TPSA) is 76.3 Å². The number of nitrogens with one attached hydrogen (secondary N) is 1. The lowest BCUT2D eigenvalue weighted by atomic mass is 9.70. The number of aromatic nitrogens is 2. The average molecular weight is 366 g/mol. The highest BCUT2D eigenvalue weighted by atomic mass is 16.2. The lowest BCUT2D eigenvalue weighted by molar-refractivity contribution is -0.120. The molecular weight excluding hydrogens is 340 g/mol. The molecule has 1 aromatic carbocycles. The second kappa shape index (κ2) is 6.01. The number of carbonyl (C=O) groups is 1. The van der Waals surface area contributed by atoms with Gasteiger partial charge in [-0.25, -0.2) is 10.1 Å². The van der Waals surface area contributed by atoms with Gasteiger partial charge in [0.1, 0.15) is 0 Å². The van der Waals surface area contributed by atoms with Crippen molar-refractivity contribution >= 4 is 22.4 Å². The average Bonchev–Trinajstić information content (AvgIpc) is 2.97. The monoisotopic (exact) mass is 366 g/mol. The highest BCUT2D eigenvalue weighted by molar-refractivity contribution is 5.95. The summed E-state index contributed by atoms with van der Waals surface area (Å²) in [6.07, 6.45) is 3.43. The number of aryl methyl sites for hydroxylation is 1. The van der Waals surface area contributed by atoms with E-state index in [1.54, 1.807) is 13.1 Å². The van der Waals surface area contributed by atoms with E-state index in [-0.39, 0.29) is 28.7 Å². The van der Waals surface area contributed by atoms with Crippen LogP contribution in [0.4, 0.5) is 0 Å². The van der Waals surface area contributed by atoms with Crippen LogP contribution in [0.2, 0.25) is 0 Å². The number of fused-ring (bicyclic) bond motifs is 3. The standard InChI is InChI=1S/C21H26N4O2/c1-20(2)13-9-10-21(20,3)17(11-13)22-23-18(26)12-16-14-7-5-6-8-15(14)19(27)25(4)24-16/h5-8,13H,9-12H2,1-4H3,(H,23,26)/b22-17-/t13-,21+/m1/s1. The number of hydrogen-bond donors (Lipinski definition) is 1. The van der Waals surface area contributed by atoms with Gasteiger partial charge in [0, 0.05) is 23.6 Å². The summed E-state index contributed by atoms with van der Waals surface area (Å²) >= 11 is 0. The number of hydrazone groups is 1. The van der Waals surface area contributed by atoms with Gasteiger partial charge in [-0.3, -0.25) is 9.59 Å². The summed E-state index contributed by atoms with van der Waals surface area (Å²) in [5, 5.41) is 10.1. The first-order chi connectivity index (χ1) is 12.7. The molecule has 0 radical (unpaired) electrons. The van der Waals surface area contributed by atoms with E-state index in [2.05, 4.69) is 36.4 Å². The molecule has 6 heteroatoms. The number of rotatable bonds is 3. The molecule has 2 atom stereocenters. The summed E-state index contributed by atoms with van der Waals surface area (Å²) in [5.41, 5.74) is 4.57. The van der Waals surface area contributed by atoms with Gasteiger partial charge in [-0.1, -0.05) is 39.0 Å². The van der Waals surface area contributed by atoms with E-state index in [0.29, 0.717) is 17.0 Å². The molecule has 2 bridgehead atoms. The first-order valence-electron chi connectivity index (χ1n) is 9.55. The molecular formula is C21H26N4O2. The zero-order valence-electron chi connectivity index (χ0n) is 16.4. The molecule has 2 aliphatic rings. The fraction of sp³-hybridized carbons (Fsp3) is 0.524. The van der Waals surface area contributed by atoms with Crippen LogP contribution in [-0.4, -0.2) is 21.4 Å². The molecule has 1 heterocycles. The maximum Gasteiger partial charge on any atom is 0.274 e. The van der Waals surface area contributed by atoms with Crippen LogP contribution >= 0.6 is 0 Å². The minimum absolute atomic E-state index is 0.0620. The molecule has 1 amide bonds. The summed E-state index contributed by atoms with van der Waals surface area (Å²) < 4.78 is 1.29. The highest BCUT2D eigenvalue weighted by Gasteiger charge is 2.60. The lowest BCUT2D eigenvalue weighted by Crippen LogP contribution is -2.34. The largest absolute Gasteiger partial charge is 0.274 e. The van der Waals surface area contributed by atoms with Gasteiger partial charge < -0.3 is 0 Å². The zero-order chi connectivity index (χ0) is 19.4. The van der Waals surface area contributed by atoms with E-state index in [4.69, 9.17) is 0 Å². The van der Waals surface area contributed by atoms with Gasteiger partial charge in [-0.15, -0.1) is 0 Å². The second-order valence-electron chi connectivity index (χ2n) is 8.68. The smallest absolute Gasteiger partial charge is 0.273 e. The highest BCUT2D eigenvalue weighted by Crippen LogP contribution is 2.63. The van der Waals surface area contributed by atoms with Gasteiger partial charge in [0.15, 0.2) is 0 Å². The first kappa shape index (κ1) is 17.9. The van der Waals surface area contributed by atoms with Gasteiger partial charge in [0.2, 0.25) is 5.91 Å². The van der Waals surface area contributed by atoms with Crippen molar-refractivity contribution in [3.8, 4) is 0 Å². The number of carbonyl (C=O) groups excluding carboxylic acids is 1. The first-order valence-corrected chi connectivity index (χ1v) is 9.55. The SMILES string of the molecule is Cn1nc(CC(=O)N/N=C2/C[C@H]3CC[C@]2(C)C3(C)C)c2ccccc2c1=O. The van der Waals surface area contributed by atoms with Gasteiger partial charge >= 0.3 is 0 Å². The molecule has 1 aromatic heterocycles. The molecule has 0 saturated heterocycles. The van der Waals surface area contributed by atoms with E-state index < -0.39 is 0 Å². The maximum atomic E-state index is 12.5. The van der Waals surface area contributed by atoms with Gasteiger partial charge in [-0.2, -0.15) is 10.2 Å². The lowest BCUT2D eigenvalue weighted by Gasteiger charge is -2.34. The fourth-order valence-electron chi connectivity index (χ4n) is 4.93. The Morgan fingerprint density at radius 2 is 2.00 bits per heavy atom. The molecule has 27 heavy (non-hydrogen) atoms. The van der Waals surface area contributed by atoms with Crippen molar-refractivity contribution in [1.29, 1.82) is 0 Å². The Kier molecular flexibility index (Phi) is 3.98. The fourth-order valence-corrected chi connectivity index (χ4v) is 4.93. The normalized spacial score (nSPS) is 27.4. The molecule has 1 N–H and O–H groups in total. The third-order valence-corrected chi connectivity index (χ3v) is 7.19. The molecule has 2 aliphatic carbocycles. The van der Waals surface area contributed by atoms with Crippen LogP contribution in [0.15, 0.2) is 34.2 Å². The van der Waals surface area contributed by atoms with Crippen molar-refractivity contribution in [2.75, 3.05) is 0 Å². The molecule has 0 unspecified atom stereocenters. The third kappa shape index (κ3) is 2.61. The third-order valence-electron chi connectivity index (χ3n) is 7.19. The van der Waals surface area contributed by atoms with Crippen molar-refractivity contribution in [1.82, 2.24) is 15.2 Å². The van der Waals surface area contributed by atoms with Gasteiger partial charge in [0.25, 0.3) is 5.56 Å². The predicted molar refractivity (Wildman–Crippen MR) is 105 cm³/mol.